The summed E-state index contributed by atoms with van der Waals surface area (Å²) in [6.45, 7) is 3.56. The molecule has 0 fully saturated rings. The summed E-state index contributed by atoms with van der Waals surface area (Å²) in [4.78, 5) is 28.9. The number of carbonyl (C=O) groups excluding carboxylic acids is 2. The number of ether oxygens (including phenoxy) is 3. The lowest BCUT2D eigenvalue weighted by Crippen LogP contribution is -2.30. The van der Waals surface area contributed by atoms with Gasteiger partial charge in [-0.15, -0.1) is 0 Å². The van der Waals surface area contributed by atoms with E-state index >= 15 is 0 Å². The summed E-state index contributed by atoms with van der Waals surface area (Å²) in [5, 5.41) is 2.69. The van der Waals surface area contributed by atoms with E-state index in [0.717, 1.165) is 5.69 Å². The molecule has 0 spiro atoms. The molecule has 138 valence electrons. The third-order valence-corrected chi connectivity index (χ3v) is 4.20. The highest BCUT2D eigenvalue weighted by atomic mass is 16.7. The Labute approximate surface area is 154 Å². The number of hydrogen-bond donors (Lipinski definition) is 1. The van der Waals surface area contributed by atoms with Crippen molar-refractivity contribution in [2.75, 3.05) is 12.1 Å². The zero-order valence-corrected chi connectivity index (χ0v) is 14.8. The van der Waals surface area contributed by atoms with Crippen molar-refractivity contribution in [1.29, 1.82) is 0 Å². The molecule has 4 rings (SSSR count). The van der Waals surface area contributed by atoms with Crippen molar-refractivity contribution in [2.24, 2.45) is 0 Å². The number of rotatable bonds is 4. The Bertz CT molecular complexity index is 1040. The van der Waals surface area contributed by atoms with Gasteiger partial charge in [0, 0.05) is 23.6 Å². The van der Waals surface area contributed by atoms with Crippen LogP contribution in [0.15, 0.2) is 42.6 Å². The summed E-state index contributed by atoms with van der Waals surface area (Å²) >= 11 is 0. The number of hydrogen-bond acceptors (Lipinski definition) is 6. The highest BCUT2D eigenvalue weighted by molar-refractivity contribution is 5.97. The third-order valence-electron chi connectivity index (χ3n) is 4.20. The van der Waals surface area contributed by atoms with Gasteiger partial charge in [0.1, 0.15) is 5.65 Å². The van der Waals surface area contributed by atoms with E-state index in [0.29, 0.717) is 22.8 Å². The summed E-state index contributed by atoms with van der Waals surface area (Å²) in [7, 11) is 0. The summed E-state index contributed by atoms with van der Waals surface area (Å²) in [5.74, 6) is 0.0562. The van der Waals surface area contributed by atoms with Crippen LogP contribution in [-0.4, -0.2) is 34.2 Å². The lowest BCUT2D eigenvalue weighted by atomic mass is 10.2. The molecule has 1 aromatic carbocycles. The van der Waals surface area contributed by atoms with E-state index in [9.17, 15) is 9.59 Å². The Hall–Kier alpha value is -3.55. The van der Waals surface area contributed by atoms with Crippen molar-refractivity contribution in [3.63, 3.8) is 0 Å². The van der Waals surface area contributed by atoms with Crippen LogP contribution in [0.4, 0.5) is 5.69 Å². The molecule has 8 heteroatoms. The van der Waals surface area contributed by atoms with Gasteiger partial charge in [-0.2, -0.15) is 0 Å². The van der Waals surface area contributed by atoms with Gasteiger partial charge in [-0.3, -0.25) is 4.79 Å². The number of anilines is 1. The second-order valence-electron chi connectivity index (χ2n) is 6.13. The lowest BCUT2D eigenvalue weighted by Gasteiger charge is -2.13. The first-order chi connectivity index (χ1) is 13.0. The van der Waals surface area contributed by atoms with Gasteiger partial charge in [0.25, 0.3) is 5.91 Å². The largest absolute Gasteiger partial charge is 0.454 e. The molecule has 1 aliphatic heterocycles. The number of amides is 1. The molecule has 8 nitrogen and oxygen atoms in total. The Kier molecular flexibility index (Phi) is 4.15. The molecule has 0 saturated carbocycles. The van der Waals surface area contributed by atoms with Crippen molar-refractivity contribution in [3.05, 3.63) is 54.0 Å². The van der Waals surface area contributed by atoms with Crippen LogP contribution in [0.1, 0.15) is 23.1 Å². The van der Waals surface area contributed by atoms with Crippen molar-refractivity contribution in [3.8, 4) is 11.5 Å². The van der Waals surface area contributed by atoms with E-state index in [1.807, 2.05) is 19.1 Å². The van der Waals surface area contributed by atoms with Crippen molar-refractivity contribution in [2.45, 2.75) is 20.0 Å². The maximum absolute atomic E-state index is 12.3. The lowest BCUT2D eigenvalue weighted by molar-refractivity contribution is -0.123. The minimum atomic E-state index is -0.992. The molecule has 0 aliphatic carbocycles. The topological polar surface area (TPSA) is 91.2 Å². The van der Waals surface area contributed by atoms with Crippen LogP contribution in [0.25, 0.3) is 5.65 Å². The van der Waals surface area contributed by atoms with Gasteiger partial charge in [0.15, 0.2) is 23.3 Å². The van der Waals surface area contributed by atoms with E-state index < -0.39 is 18.0 Å². The molecule has 27 heavy (non-hydrogen) atoms. The number of nitrogens with one attached hydrogen (secondary N) is 1. The van der Waals surface area contributed by atoms with E-state index in [1.165, 1.54) is 6.92 Å². The van der Waals surface area contributed by atoms with Gasteiger partial charge < -0.3 is 23.9 Å². The first-order valence-corrected chi connectivity index (χ1v) is 8.37. The smallest absolute Gasteiger partial charge is 0.359 e. The molecule has 1 aliphatic rings. The number of esters is 1. The first kappa shape index (κ1) is 16.9. The second kappa shape index (κ2) is 6.64. The minimum absolute atomic E-state index is 0.145. The number of fused-ring (bicyclic) bond motifs is 2. The highest BCUT2D eigenvalue weighted by Gasteiger charge is 2.22. The van der Waals surface area contributed by atoms with Gasteiger partial charge in [0.05, 0.1) is 0 Å². The quantitative estimate of drug-likeness (QED) is 0.713. The third kappa shape index (κ3) is 3.29. The van der Waals surface area contributed by atoms with Gasteiger partial charge in [0.2, 0.25) is 6.79 Å². The van der Waals surface area contributed by atoms with Gasteiger partial charge >= 0.3 is 5.97 Å². The summed E-state index contributed by atoms with van der Waals surface area (Å²) in [6.07, 6.45) is 0.601. The molecular formula is C19H17N3O5. The Balaban J connectivity index is 1.42. The molecule has 3 heterocycles. The normalized spacial score (nSPS) is 13.4. The molecule has 1 atom stereocenters. The van der Waals surface area contributed by atoms with Crippen LogP contribution in [0.5, 0.6) is 11.5 Å². The average molecular weight is 367 g/mol. The van der Waals surface area contributed by atoms with Crippen LogP contribution >= 0.6 is 0 Å². The Morgan fingerprint density at radius 1 is 1.22 bits per heavy atom. The molecule has 1 amide bonds. The number of aryl methyl sites for hydroxylation is 1. The van der Waals surface area contributed by atoms with Crippen molar-refractivity contribution < 1.29 is 23.8 Å². The number of benzene rings is 1. The monoisotopic (exact) mass is 367 g/mol. The predicted molar refractivity (Wildman–Crippen MR) is 96.0 cm³/mol. The van der Waals surface area contributed by atoms with Crippen LogP contribution < -0.4 is 14.8 Å². The molecule has 1 N–H and O–H groups in total. The standard InChI is InChI=1S/C19H17N3O5/c1-11-4-3-5-17-21-14(9-22(11)17)19(24)27-12(2)18(23)20-13-6-7-15-16(8-13)26-10-25-15/h3-9,12H,10H2,1-2H3,(H,20,23)/t12-/m1/s1. The summed E-state index contributed by atoms with van der Waals surface area (Å²) in [6, 6.07) is 10.6. The van der Waals surface area contributed by atoms with E-state index in [1.54, 1.807) is 34.9 Å². The van der Waals surface area contributed by atoms with E-state index in [-0.39, 0.29) is 12.5 Å². The molecule has 0 unspecified atom stereocenters. The van der Waals surface area contributed by atoms with Gasteiger partial charge in [-0.25, -0.2) is 9.78 Å². The fourth-order valence-corrected chi connectivity index (χ4v) is 2.74. The molecule has 0 radical (unpaired) electrons. The van der Waals surface area contributed by atoms with Gasteiger partial charge in [-0.1, -0.05) is 6.07 Å². The summed E-state index contributed by atoms with van der Waals surface area (Å²) in [5.41, 5.74) is 2.24. The van der Waals surface area contributed by atoms with E-state index in [4.69, 9.17) is 14.2 Å². The number of aromatic nitrogens is 2. The zero-order valence-electron chi connectivity index (χ0n) is 14.8. The predicted octanol–water partition coefficient (Wildman–Crippen LogP) is 2.56. The zero-order chi connectivity index (χ0) is 19.0. The average Bonchev–Trinajstić information content (AvgIpc) is 3.28. The number of imidazole rings is 1. The van der Waals surface area contributed by atoms with Gasteiger partial charge in [-0.05, 0) is 38.1 Å². The first-order valence-electron chi connectivity index (χ1n) is 8.37. The van der Waals surface area contributed by atoms with Crippen molar-refractivity contribution in [1.82, 2.24) is 9.38 Å². The number of pyridine rings is 1. The fraction of sp³-hybridized carbons (Fsp3) is 0.211. The molecule has 0 saturated heterocycles. The second-order valence-corrected chi connectivity index (χ2v) is 6.13. The maximum atomic E-state index is 12.3. The van der Waals surface area contributed by atoms with Crippen LogP contribution in [-0.2, 0) is 9.53 Å². The van der Waals surface area contributed by atoms with E-state index in [2.05, 4.69) is 10.3 Å². The Morgan fingerprint density at radius 3 is 2.85 bits per heavy atom. The Morgan fingerprint density at radius 2 is 2.04 bits per heavy atom. The molecule has 3 aromatic rings. The minimum Gasteiger partial charge on any atom is -0.454 e. The fourth-order valence-electron chi connectivity index (χ4n) is 2.74. The molecule has 2 aromatic heterocycles. The molecular weight excluding hydrogens is 350 g/mol. The van der Waals surface area contributed by atoms with Crippen LogP contribution in [0, 0.1) is 6.92 Å². The SMILES string of the molecule is Cc1cccc2nc(C(=O)O[C@H](C)C(=O)Nc3ccc4c(c3)OCO4)cn12. The number of nitrogens with zero attached hydrogens (tertiary/aromatic N) is 2. The summed E-state index contributed by atoms with van der Waals surface area (Å²) < 4.78 is 17.5. The molecule has 0 bridgehead atoms. The maximum Gasteiger partial charge on any atom is 0.359 e. The van der Waals surface area contributed by atoms with Crippen LogP contribution in [0.2, 0.25) is 0 Å². The number of carbonyl (C=O) groups is 2. The van der Waals surface area contributed by atoms with Crippen LogP contribution in [0.3, 0.4) is 0 Å². The highest BCUT2D eigenvalue weighted by Crippen LogP contribution is 2.34. The van der Waals surface area contributed by atoms with Crippen molar-refractivity contribution >= 4 is 23.2 Å².